The molecule has 0 aromatic heterocycles. The first kappa shape index (κ1) is 16.8. The van der Waals surface area contributed by atoms with Crippen LogP contribution in [0.4, 0.5) is 9.18 Å². The normalized spacial score (nSPS) is 19.9. The number of hydrogen-bond donors (Lipinski definition) is 1. The van der Waals surface area contributed by atoms with Crippen LogP contribution < -0.4 is 5.32 Å². The standard InChI is InChI=1S/C19H17FN2O3/c1-12-3-7-14(8-4-12)19(2)17(24)22(18(25)21-19)11-16(23)13-5-9-15(20)10-6-13/h3-10H,11H2,1-2H3,(H,21,25). The van der Waals surface area contributed by atoms with E-state index < -0.39 is 35.6 Å². The summed E-state index contributed by atoms with van der Waals surface area (Å²) in [5.74, 6) is -1.38. The number of halogens is 1. The first-order chi connectivity index (χ1) is 11.8. The number of ketones is 1. The van der Waals surface area contributed by atoms with Crippen LogP contribution in [0.2, 0.25) is 0 Å². The number of benzene rings is 2. The minimum atomic E-state index is -1.21. The summed E-state index contributed by atoms with van der Waals surface area (Å²) >= 11 is 0. The second-order valence-electron chi connectivity index (χ2n) is 6.24. The van der Waals surface area contributed by atoms with E-state index in [1.807, 2.05) is 19.1 Å². The number of aryl methyl sites for hydroxylation is 1. The van der Waals surface area contributed by atoms with Crippen LogP contribution in [0.3, 0.4) is 0 Å². The summed E-state index contributed by atoms with van der Waals surface area (Å²) < 4.78 is 13.0. The molecule has 0 spiro atoms. The van der Waals surface area contributed by atoms with Crippen molar-refractivity contribution in [1.82, 2.24) is 10.2 Å². The van der Waals surface area contributed by atoms with E-state index in [4.69, 9.17) is 0 Å². The van der Waals surface area contributed by atoms with Gasteiger partial charge in [0.25, 0.3) is 5.91 Å². The van der Waals surface area contributed by atoms with Crippen LogP contribution in [-0.2, 0) is 10.3 Å². The van der Waals surface area contributed by atoms with Crippen molar-refractivity contribution in [2.45, 2.75) is 19.4 Å². The van der Waals surface area contributed by atoms with Crippen molar-refractivity contribution in [1.29, 1.82) is 0 Å². The highest BCUT2D eigenvalue weighted by Crippen LogP contribution is 2.29. The number of Topliss-reactive ketones (excluding diaryl/α,β-unsaturated/α-hetero) is 1. The van der Waals surface area contributed by atoms with E-state index in [-0.39, 0.29) is 5.56 Å². The van der Waals surface area contributed by atoms with Gasteiger partial charge in [-0.15, -0.1) is 0 Å². The maximum absolute atomic E-state index is 13.0. The molecule has 1 unspecified atom stereocenters. The van der Waals surface area contributed by atoms with E-state index in [9.17, 15) is 18.8 Å². The van der Waals surface area contributed by atoms with Gasteiger partial charge in [-0.2, -0.15) is 0 Å². The molecular weight excluding hydrogens is 323 g/mol. The van der Waals surface area contributed by atoms with E-state index in [0.717, 1.165) is 22.6 Å². The third kappa shape index (κ3) is 3.03. The first-order valence-corrected chi connectivity index (χ1v) is 7.81. The molecule has 6 heteroatoms. The number of rotatable bonds is 4. The Morgan fingerprint density at radius 1 is 1.08 bits per heavy atom. The van der Waals surface area contributed by atoms with Crippen molar-refractivity contribution in [3.05, 3.63) is 71.0 Å². The Morgan fingerprint density at radius 3 is 2.28 bits per heavy atom. The third-order valence-corrected chi connectivity index (χ3v) is 4.37. The molecule has 128 valence electrons. The fourth-order valence-electron chi connectivity index (χ4n) is 2.79. The molecule has 1 aliphatic rings. The van der Waals surface area contributed by atoms with E-state index >= 15 is 0 Å². The van der Waals surface area contributed by atoms with Crippen molar-refractivity contribution < 1.29 is 18.8 Å². The average Bonchev–Trinajstić information content (AvgIpc) is 2.80. The van der Waals surface area contributed by atoms with E-state index in [1.165, 1.54) is 12.1 Å². The lowest BCUT2D eigenvalue weighted by Gasteiger charge is -2.22. The molecule has 0 radical (unpaired) electrons. The largest absolute Gasteiger partial charge is 0.325 e. The minimum absolute atomic E-state index is 0.242. The van der Waals surface area contributed by atoms with Crippen LogP contribution in [0.1, 0.15) is 28.4 Å². The molecule has 1 aliphatic heterocycles. The molecular formula is C19H17FN2O3. The van der Waals surface area contributed by atoms with Crippen LogP contribution in [0.25, 0.3) is 0 Å². The van der Waals surface area contributed by atoms with Gasteiger partial charge in [-0.3, -0.25) is 14.5 Å². The van der Waals surface area contributed by atoms with Crippen molar-refractivity contribution in [2.24, 2.45) is 0 Å². The quantitative estimate of drug-likeness (QED) is 0.687. The fraction of sp³-hybridized carbons (Fsp3) is 0.211. The van der Waals surface area contributed by atoms with Crippen LogP contribution in [0.5, 0.6) is 0 Å². The molecule has 1 atom stereocenters. The molecule has 5 nitrogen and oxygen atoms in total. The highest BCUT2D eigenvalue weighted by Gasteiger charge is 2.49. The number of amides is 3. The van der Waals surface area contributed by atoms with Crippen molar-refractivity contribution in [3.63, 3.8) is 0 Å². The predicted octanol–water partition coefficient (Wildman–Crippen LogP) is 2.78. The van der Waals surface area contributed by atoms with Crippen molar-refractivity contribution in [2.75, 3.05) is 6.54 Å². The second kappa shape index (κ2) is 6.12. The van der Waals surface area contributed by atoms with Gasteiger partial charge in [0.05, 0.1) is 6.54 Å². The molecule has 3 rings (SSSR count). The lowest BCUT2D eigenvalue weighted by Crippen LogP contribution is -2.41. The molecule has 25 heavy (non-hydrogen) atoms. The SMILES string of the molecule is Cc1ccc(C2(C)NC(=O)N(CC(=O)c3ccc(F)cc3)C2=O)cc1. The molecule has 2 aromatic carbocycles. The van der Waals surface area contributed by atoms with Gasteiger partial charge in [-0.1, -0.05) is 29.8 Å². The van der Waals surface area contributed by atoms with Crippen molar-refractivity contribution >= 4 is 17.7 Å². The smallest absolute Gasteiger partial charge is 0.319 e. The zero-order valence-electron chi connectivity index (χ0n) is 13.9. The highest BCUT2D eigenvalue weighted by atomic mass is 19.1. The van der Waals surface area contributed by atoms with Gasteiger partial charge in [-0.25, -0.2) is 9.18 Å². The Hall–Kier alpha value is -3.02. The minimum Gasteiger partial charge on any atom is -0.319 e. The van der Waals surface area contributed by atoms with Gasteiger partial charge in [-0.05, 0) is 43.7 Å². The zero-order valence-corrected chi connectivity index (χ0v) is 13.9. The van der Waals surface area contributed by atoms with E-state index in [2.05, 4.69) is 5.32 Å². The maximum Gasteiger partial charge on any atom is 0.325 e. The second-order valence-corrected chi connectivity index (χ2v) is 6.24. The molecule has 0 aliphatic carbocycles. The number of carbonyl (C=O) groups is 3. The lowest BCUT2D eigenvalue weighted by molar-refractivity contribution is -0.130. The van der Waals surface area contributed by atoms with Gasteiger partial charge in [0.15, 0.2) is 5.78 Å². The van der Waals surface area contributed by atoms with E-state index in [1.54, 1.807) is 19.1 Å². The number of urea groups is 1. The number of nitrogens with zero attached hydrogens (tertiary/aromatic N) is 1. The fourth-order valence-corrected chi connectivity index (χ4v) is 2.79. The number of carbonyl (C=O) groups excluding carboxylic acids is 3. The summed E-state index contributed by atoms with van der Waals surface area (Å²) in [5, 5.41) is 2.66. The summed E-state index contributed by atoms with van der Waals surface area (Å²) in [5.41, 5.74) is 0.708. The number of imide groups is 1. The monoisotopic (exact) mass is 340 g/mol. The summed E-state index contributed by atoms with van der Waals surface area (Å²) in [6, 6.07) is 11.6. The molecule has 1 N–H and O–H groups in total. The van der Waals surface area contributed by atoms with Gasteiger partial charge in [0.1, 0.15) is 11.4 Å². The van der Waals surface area contributed by atoms with Crippen LogP contribution in [0, 0.1) is 12.7 Å². The third-order valence-electron chi connectivity index (χ3n) is 4.37. The summed E-state index contributed by atoms with van der Waals surface area (Å²) in [7, 11) is 0. The average molecular weight is 340 g/mol. The van der Waals surface area contributed by atoms with Gasteiger partial charge in [0.2, 0.25) is 0 Å². The Bertz CT molecular complexity index is 846. The first-order valence-electron chi connectivity index (χ1n) is 7.81. The number of nitrogens with one attached hydrogen (secondary N) is 1. The molecule has 3 amide bonds. The Morgan fingerprint density at radius 2 is 1.68 bits per heavy atom. The predicted molar refractivity (Wildman–Crippen MR) is 89.5 cm³/mol. The maximum atomic E-state index is 13.0. The number of hydrogen-bond acceptors (Lipinski definition) is 3. The zero-order chi connectivity index (χ0) is 18.2. The van der Waals surface area contributed by atoms with Crippen LogP contribution in [-0.4, -0.2) is 29.2 Å². The Balaban J connectivity index is 1.82. The van der Waals surface area contributed by atoms with Gasteiger partial charge >= 0.3 is 6.03 Å². The van der Waals surface area contributed by atoms with Gasteiger partial charge < -0.3 is 5.32 Å². The molecule has 0 bridgehead atoms. The van der Waals surface area contributed by atoms with Gasteiger partial charge in [0, 0.05) is 5.56 Å². The topological polar surface area (TPSA) is 66.5 Å². The summed E-state index contributed by atoms with van der Waals surface area (Å²) in [6.07, 6.45) is 0. The Kier molecular flexibility index (Phi) is 4.12. The summed E-state index contributed by atoms with van der Waals surface area (Å²) in [4.78, 5) is 38.2. The van der Waals surface area contributed by atoms with E-state index in [0.29, 0.717) is 5.56 Å². The van der Waals surface area contributed by atoms with Crippen LogP contribution >= 0.6 is 0 Å². The molecule has 1 heterocycles. The molecule has 2 aromatic rings. The summed E-state index contributed by atoms with van der Waals surface area (Å²) in [6.45, 7) is 3.15. The van der Waals surface area contributed by atoms with Crippen molar-refractivity contribution in [3.8, 4) is 0 Å². The van der Waals surface area contributed by atoms with Crippen LogP contribution in [0.15, 0.2) is 48.5 Å². The molecule has 0 saturated carbocycles. The molecule has 1 saturated heterocycles. The lowest BCUT2D eigenvalue weighted by atomic mass is 9.91. The highest BCUT2D eigenvalue weighted by molar-refractivity contribution is 6.11. The molecule has 1 fully saturated rings. The Labute approximate surface area is 144 Å².